The first-order chi connectivity index (χ1) is 8.49. The molecule has 1 heterocycles. The number of likely N-dealkylation sites (tertiary alicyclic amines) is 1. The fraction of sp³-hybridized carbons (Fsp3) is 0.462. The van der Waals surface area contributed by atoms with E-state index >= 15 is 0 Å². The number of halogens is 2. The summed E-state index contributed by atoms with van der Waals surface area (Å²) in [6.45, 7) is 0.429. The van der Waals surface area contributed by atoms with Crippen molar-refractivity contribution in [2.75, 3.05) is 13.1 Å². The van der Waals surface area contributed by atoms with Crippen LogP contribution in [-0.2, 0) is 0 Å². The van der Waals surface area contributed by atoms with Crippen molar-refractivity contribution < 1.29 is 18.7 Å². The van der Waals surface area contributed by atoms with Gasteiger partial charge in [-0.05, 0) is 37.0 Å². The molecule has 1 saturated carbocycles. The van der Waals surface area contributed by atoms with Crippen LogP contribution in [0.3, 0.4) is 0 Å². The second-order valence-electron chi connectivity index (χ2n) is 5.16. The minimum Gasteiger partial charge on any atom is -0.386 e. The van der Waals surface area contributed by atoms with Crippen LogP contribution in [-0.4, -0.2) is 34.6 Å². The molecule has 1 saturated heterocycles. The first-order valence-corrected chi connectivity index (χ1v) is 5.96. The average Bonchev–Trinajstić information content (AvgIpc) is 3.11. The van der Waals surface area contributed by atoms with Crippen molar-refractivity contribution in [1.82, 2.24) is 4.90 Å². The van der Waals surface area contributed by atoms with E-state index < -0.39 is 23.1 Å². The highest BCUT2D eigenvalue weighted by Gasteiger charge is 2.53. The smallest absolute Gasteiger partial charge is 0.257 e. The maximum atomic E-state index is 13.4. The fourth-order valence-electron chi connectivity index (χ4n) is 2.47. The van der Waals surface area contributed by atoms with Gasteiger partial charge in [-0.1, -0.05) is 0 Å². The zero-order valence-corrected chi connectivity index (χ0v) is 9.70. The number of carbonyl (C=O) groups is 1. The highest BCUT2D eigenvalue weighted by atomic mass is 19.1. The van der Waals surface area contributed by atoms with E-state index in [1.54, 1.807) is 0 Å². The molecule has 1 amide bonds. The minimum absolute atomic E-state index is 0.215. The number of rotatable bonds is 2. The molecule has 1 aliphatic heterocycles. The molecular weight excluding hydrogens is 240 g/mol. The Kier molecular flexibility index (Phi) is 2.41. The first-order valence-electron chi connectivity index (χ1n) is 5.96. The third-order valence-electron chi connectivity index (χ3n) is 3.71. The van der Waals surface area contributed by atoms with E-state index in [-0.39, 0.29) is 24.6 Å². The Morgan fingerprint density at radius 3 is 2.61 bits per heavy atom. The zero-order valence-electron chi connectivity index (χ0n) is 9.70. The average molecular weight is 253 g/mol. The molecule has 2 fully saturated rings. The molecule has 0 atom stereocenters. The number of nitrogens with zero attached hydrogens (tertiary/aromatic N) is 1. The summed E-state index contributed by atoms with van der Waals surface area (Å²) in [5, 5.41) is 10.1. The Balaban J connectivity index is 1.74. The Morgan fingerprint density at radius 1 is 1.33 bits per heavy atom. The van der Waals surface area contributed by atoms with Gasteiger partial charge in [0.25, 0.3) is 5.91 Å². The van der Waals surface area contributed by atoms with Crippen LogP contribution in [0.15, 0.2) is 18.2 Å². The van der Waals surface area contributed by atoms with E-state index in [0.29, 0.717) is 0 Å². The number of aliphatic hydroxyl groups is 1. The van der Waals surface area contributed by atoms with Gasteiger partial charge in [0, 0.05) is 0 Å². The molecule has 0 spiro atoms. The summed E-state index contributed by atoms with van der Waals surface area (Å²) in [6, 6.07) is 2.81. The van der Waals surface area contributed by atoms with E-state index in [4.69, 9.17) is 0 Å². The number of hydrogen-bond acceptors (Lipinski definition) is 2. The van der Waals surface area contributed by atoms with Gasteiger partial charge in [-0.3, -0.25) is 4.79 Å². The number of β-amino-alcohol motifs (C(OH)–C–C–N with tert-alkyl or cyclic N) is 1. The second-order valence-corrected chi connectivity index (χ2v) is 5.16. The van der Waals surface area contributed by atoms with Gasteiger partial charge in [0.05, 0.1) is 18.7 Å². The van der Waals surface area contributed by atoms with Gasteiger partial charge in [0.2, 0.25) is 0 Å². The van der Waals surface area contributed by atoms with Crippen molar-refractivity contribution in [3.63, 3.8) is 0 Å². The maximum absolute atomic E-state index is 13.4. The molecule has 0 unspecified atom stereocenters. The second kappa shape index (κ2) is 3.75. The molecule has 18 heavy (non-hydrogen) atoms. The largest absolute Gasteiger partial charge is 0.386 e. The van der Waals surface area contributed by atoms with Crippen LogP contribution in [0.2, 0.25) is 0 Å². The van der Waals surface area contributed by atoms with E-state index in [9.17, 15) is 18.7 Å². The Morgan fingerprint density at radius 2 is 2.00 bits per heavy atom. The molecule has 1 aromatic carbocycles. The lowest BCUT2D eigenvalue weighted by atomic mass is 9.88. The monoisotopic (exact) mass is 253 g/mol. The van der Waals surface area contributed by atoms with Crippen LogP contribution in [0.25, 0.3) is 0 Å². The van der Waals surface area contributed by atoms with Crippen molar-refractivity contribution in [2.24, 2.45) is 5.92 Å². The number of amides is 1. The van der Waals surface area contributed by atoms with Gasteiger partial charge in [-0.15, -0.1) is 0 Å². The van der Waals surface area contributed by atoms with Crippen LogP contribution in [0.4, 0.5) is 8.78 Å². The van der Waals surface area contributed by atoms with Gasteiger partial charge in [0.1, 0.15) is 17.2 Å². The Hall–Kier alpha value is -1.49. The topological polar surface area (TPSA) is 40.5 Å². The number of benzene rings is 1. The van der Waals surface area contributed by atoms with Gasteiger partial charge in [0.15, 0.2) is 0 Å². The van der Waals surface area contributed by atoms with Crippen molar-refractivity contribution in [3.05, 3.63) is 35.4 Å². The quantitative estimate of drug-likeness (QED) is 0.869. The Labute approximate surface area is 103 Å². The van der Waals surface area contributed by atoms with Crippen LogP contribution in [0.1, 0.15) is 23.2 Å². The molecular formula is C13H13F2NO2. The third-order valence-corrected chi connectivity index (χ3v) is 3.71. The number of hydrogen-bond donors (Lipinski definition) is 1. The molecule has 0 radical (unpaired) electrons. The van der Waals surface area contributed by atoms with Gasteiger partial charge in [-0.25, -0.2) is 8.78 Å². The minimum atomic E-state index is -0.806. The SMILES string of the molecule is O=C(c1cc(F)ccc1F)N1CC(O)(C2CC2)C1. The van der Waals surface area contributed by atoms with Crippen LogP contribution >= 0.6 is 0 Å². The fourth-order valence-corrected chi connectivity index (χ4v) is 2.47. The Bertz CT molecular complexity index is 508. The molecule has 0 bridgehead atoms. The molecule has 1 aromatic rings. The first kappa shape index (κ1) is 11.6. The summed E-state index contributed by atoms with van der Waals surface area (Å²) in [4.78, 5) is 13.3. The van der Waals surface area contributed by atoms with Crippen LogP contribution in [0.5, 0.6) is 0 Å². The van der Waals surface area contributed by atoms with Crippen LogP contribution in [0, 0.1) is 17.6 Å². The summed E-state index contributed by atoms with van der Waals surface area (Å²) < 4.78 is 26.4. The molecule has 5 heteroatoms. The lowest BCUT2D eigenvalue weighted by Crippen LogP contribution is -2.64. The van der Waals surface area contributed by atoms with E-state index in [1.807, 2.05) is 0 Å². The summed E-state index contributed by atoms with van der Waals surface area (Å²) in [6.07, 6.45) is 1.96. The highest BCUT2D eigenvalue weighted by Crippen LogP contribution is 2.44. The van der Waals surface area contributed by atoms with Crippen molar-refractivity contribution >= 4 is 5.91 Å². The van der Waals surface area contributed by atoms with E-state index in [0.717, 1.165) is 31.0 Å². The maximum Gasteiger partial charge on any atom is 0.257 e. The molecule has 2 aliphatic rings. The lowest BCUT2D eigenvalue weighted by Gasteiger charge is -2.47. The molecule has 3 rings (SSSR count). The van der Waals surface area contributed by atoms with Crippen molar-refractivity contribution in [1.29, 1.82) is 0 Å². The lowest BCUT2D eigenvalue weighted by molar-refractivity contribution is -0.0959. The van der Waals surface area contributed by atoms with Gasteiger partial charge >= 0.3 is 0 Å². The van der Waals surface area contributed by atoms with Crippen molar-refractivity contribution in [2.45, 2.75) is 18.4 Å². The highest BCUT2D eigenvalue weighted by molar-refractivity contribution is 5.95. The standard InChI is InChI=1S/C13H13F2NO2/c14-9-3-4-11(15)10(5-9)12(17)16-6-13(18,7-16)8-1-2-8/h3-5,8,18H,1-2,6-7H2. The van der Waals surface area contributed by atoms with Gasteiger partial charge in [-0.2, -0.15) is 0 Å². The summed E-state index contributed by atoms with van der Waals surface area (Å²) in [5.74, 6) is -1.67. The normalized spacial score (nSPS) is 21.6. The van der Waals surface area contributed by atoms with E-state index in [1.165, 1.54) is 4.90 Å². The molecule has 0 aromatic heterocycles. The van der Waals surface area contributed by atoms with Crippen LogP contribution < -0.4 is 0 Å². The third kappa shape index (κ3) is 1.79. The van der Waals surface area contributed by atoms with Crippen molar-refractivity contribution in [3.8, 4) is 0 Å². The predicted octanol–water partition coefficient (Wildman–Crippen LogP) is 1.56. The zero-order chi connectivity index (χ0) is 12.9. The predicted molar refractivity (Wildman–Crippen MR) is 59.9 cm³/mol. The molecule has 3 nitrogen and oxygen atoms in total. The summed E-state index contributed by atoms with van der Waals surface area (Å²) >= 11 is 0. The summed E-state index contributed by atoms with van der Waals surface area (Å²) in [5.41, 5.74) is -1.08. The molecule has 1 aliphatic carbocycles. The summed E-state index contributed by atoms with van der Waals surface area (Å²) in [7, 11) is 0. The number of carbonyl (C=O) groups excluding carboxylic acids is 1. The molecule has 1 N–H and O–H groups in total. The van der Waals surface area contributed by atoms with E-state index in [2.05, 4.69) is 0 Å². The van der Waals surface area contributed by atoms with Gasteiger partial charge < -0.3 is 10.0 Å². The molecule has 96 valence electrons.